The highest BCUT2D eigenvalue weighted by Crippen LogP contribution is 2.31. The van der Waals surface area contributed by atoms with Gasteiger partial charge in [-0.25, -0.2) is 4.98 Å². The van der Waals surface area contributed by atoms with E-state index in [1.807, 2.05) is 41.2 Å². The van der Waals surface area contributed by atoms with E-state index in [9.17, 15) is 5.26 Å². The standard InChI is InChI=1S/C19H16N4/c1-2-3-10-23-18-9-8-17-19(15(18)12-21-23)14(11-20)13-6-4-5-7-16(13)22-17/h4-9,12H,2-3,10H2,1H3. The molecular formula is C19H16N4. The molecule has 4 nitrogen and oxygen atoms in total. The molecule has 0 amide bonds. The van der Waals surface area contributed by atoms with Crippen molar-refractivity contribution in [3.63, 3.8) is 0 Å². The SMILES string of the molecule is CCCCn1ncc2c3c(C#N)c4ccccc4nc3ccc21. The molecule has 0 unspecified atom stereocenters. The molecule has 0 N–H and O–H groups in total. The first-order chi connectivity index (χ1) is 11.3. The predicted octanol–water partition coefficient (Wildman–Crippen LogP) is 4.41. The zero-order chi connectivity index (χ0) is 15.8. The normalized spacial score (nSPS) is 11.3. The summed E-state index contributed by atoms with van der Waals surface area (Å²) in [6, 6.07) is 14.2. The van der Waals surface area contributed by atoms with Crippen LogP contribution in [0.15, 0.2) is 42.6 Å². The minimum Gasteiger partial charge on any atom is -0.265 e. The van der Waals surface area contributed by atoms with Gasteiger partial charge in [-0.15, -0.1) is 0 Å². The molecule has 2 aromatic carbocycles. The van der Waals surface area contributed by atoms with E-state index in [0.29, 0.717) is 5.56 Å². The van der Waals surface area contributed by atoms with Gasteiger partial charge in [0.25, 0.3) is 0 Å². The van der Waals surface area contributed by atoms with Gasteiger partial charge in [0.1, 0.15) is 6.07 Å². The van der Waals surface area contributed by atoms with Gasteiger partial charge in [-0.2, -0.15) is 10.4 Å². The molecule has 23 heavy (non-hydrogen) atoms. The molecule has 0 aliphatic rings. The molecule has 0 bridgehead atoms. The quantitative estimate of drug-likeness (QED) is 0.527. The van der Waals surface area contributed by atoms with Crippen LogP contribution >= 0.6 is 0 Å². The van der Waals surface area contributed by atoms with E-state index in [0.717, 1.165) is 52.1 Å². The van der Waals surface area contributed by atoms with Crippen LogP contribution in [0.25, 0.3) is 32.7 Å². The summed E-state index contributed by atoms with van der Waals surface area (Å²) in [5.74, 6) is 0. The van der Waals surface area contributed by atoms with Crippen molar-refractivity contribution in [2.75, 3.05) is 0 Å². The molecule has 112 valence electrons. The fourth-order valence-corrected chi connectivity index (χ4v) is 3.15. The Hall–Kier alpha value is -2.93. The third-order valence-electron chi connectivity index (χ3n) is 4.30. The number of hydrogen-bond donors (Lipinski definition) is 0. The van der Waals surface area contributed by atoms with Crippen molar-refractivity contribution in [3.8, 4) is 6.07 Å². The van der Waals surface area contributed by atoms with E-state index in [-0.39, 0.29) is 0 Å². The Kier molecular flexibility index (Phi) is 3.20. The second-order valence-corrected chi connectivity index (χ2v) is 5.73. The van der Waals surface area contributed by atoms with Gasteiger partial charge in [-0.3, -0.25) is 4.68 Å². The number of pyridine rings is 1. The highest BCUT2D eigenvalue weighted by atomic mass is 15.3. The van der Waals surface area contributed by atoms with Crippen molar-refractivity contribution >= 4 is 32.7 Å². The van der Waals surface area contributed by atoms with Gasteiger partial charge in [-0.05, 0) is 24.6 Å². The van der Waals surface area contributed by atoms with Gasteiger partial charge in [-0.1, -0.05) is 31.5 Å². The topological polar surface area (TPSA) is 54.5 Å². The summed E-state index contributed by atoms with van der Waals surface area (Å²) >= 11 is 0. The van der Waals surface area contributed by atoms with E-state index in [2.05, 4.69) is 24.2 Å². The number of rotatable bonds is 3. The van der Waals surface area contributed by atoms with Crippen molar-refractivity contribution in [2.45, 2.75) is 26.3 Å². The highest BCUT2D eigenvalue weighted by molar-refractivity contribution is 6.12. The largest absolute Gasteiger partial charge is 0.265 e. The van der Waals surface area contributed by atoms with Crippen LogP contribution in [0, 0.1) is 11.3 Å². The number of aromatic nitrogens is 3. The van der Waals surface area contributed by atoms with E-state index in [1.54, 1.807) is 0 Å². The lowest BCUT2D eigenvalue weighted by Crippen LogP contribution is -1.99. The molecule has 4 rings (SSSR count). The average Bonchev–Trinajstić information content (AvgIpc) is 3.01. The molecule has 4 aromatic rings. The molecular weight excluding hydrogens is 284 g/mol. The molecule has 2 aromatic heterocycles. The van der Waals surface area contributed by atoms with Crippen molar-refractivity contribution in [2.24, 2.45) is 0 Å². The number of aryl methyl sites for hydroxylation is 1. The minimum absolute atomic E-state index is 0.686. The van der Waals surface area contributed by atoms with Crippen LogP contribution in [-0.4, -0.2) is 14.8 Å². The van der Waals surface area contributed by atoms with Crippen LogP contribution in [0.1, 0.15) is 25.3 Å². The van der Waals surface area contributed by atoms with Gasteiger partial charge in [0.15, 0.2) is 0 Å². The first-order valence-electron chi connectivity index (χ1n) is 7.90. The molecule has 0 aliphatic heterocycles. The van der Waals surface area contributed by atoms with Crippen LogP contribution in [-0.2, 0) is 6.54 Å². The molecule has 0 fully saturated rings. The average molecular weight is 300 g/mol. The number of hydrogen-bond acceptors (Lipinski definition) is 3. The maximum absolute atomic E-state index is 9.74. The number of nitrogens with zero attached hydrogens (tertiary/aromatic N) is 4. The van der Waals surface area contributed by atoms with Crippen LogP contribution in [0.2, 0.25) is 0 Å². The molecule has 0 radical (unpaired) electrons. The summed E-state index contributed by atoms with van der Waals surface area (Å²) in [5, 5.41) is 17.1. The van der Waals surface area contributed by atoms with Crippen molar-refractivity contribution < 1.29 is 0 Å². The smallest absolute Gasteiger partial charge is 0.101 e. The van der Waals surface area contributed by atoms with Gasteiger partial charge in [0.05, 0.1) is 28.3 Å². The van der Waals surface area contributed by atoms with Crippen LogP contribution in [0.4, 0.5) is 0 Å². The summed E-state index contributed by atoms with van der Waals surface area (Å²) in [7, 11) is 0. The van der Waals surface area contributed by atoms with Crippen molar-refractivity contribution in [1.82, 2.24) is 14.8 Å². The maximum Gasteiger partial charge on any atom is 0.101 e. The maximum atomic E-state index is 9.74. The van der Waals surface area contributed by atoms with Crippen LogP contribution < -0.4 is 0 Å². The lowest BCUT2D eigenvalue weighted by atomic mass is 10.0. The summed E-state index contributed by atoms with van der Waals surface area (Å²) in [5.41, 5.74) is 3.46. The summed E-state index contributed by atoms with van der Waals surface area (Å²) in [6.45, 7) is 3.07. The summed E-state index contributed by atoms with van der Waals surface area (Å²) in [6.07, 6.45) is 4.09. The zero-order valence-corrected chi connectivity index (χ0v) is 13.0. The number of para-hydroxylation sites is 1. The third kappa shape index (κ3) is 2.05. The fourth-order valence-electron chi connectivity index (χ4n) is 3.15. The molecule has 4 heteroatoms. The lowest BCUT2D eigenvalue weighted by molar-refractivity contribution is 0.588. The van der Waals surface area contributed by atoms with Gasteiger partial charge < -0.3 is 0 Å². The fraction of sp³-hybridized carbons (Fsp3) is 0.211. The Morgan fingerprint density at radius 3 is 2.78 bits per heavy atom. The van der Waals surface area contributed by atoms with Gasteiger partial charge in [0, 0.05) is 22.7 Å². The lowest BCUT2D eigenvalue weighted by Gasteiger charge is -2.07. The van der Waals surface area contributed by atoms with Crippen LogP contribution in [0.5, 0.6) is 0 Å². The number of unbranched alkanes of at least 4 members (excludes halogenated alkanes) is 1. The molecule has 2 heterocycles. The first kappa shape index (κ1) is 13.7. The second kappa shape index (κ2) is 5.36. The minimum atomic E-state index is 0.686. The van der Waals surface area contributed by atoms with E-state index in [1.165, 1.54) is 0 Å². The van der Waals surface area contributed by atoms with E-state index >= 15 is 0 Å². The van der Waals surface area contributed by atoms with E-state index < -0.39 is 0 Å². The summed E-state index contributed by atoms with van der Waals surface area (Å²) < 4.78 is 2.02. The first-order valence-corrected chi connectivity index (χ1v) is 7.90. The molecule has 0 spiro atoms. The predicted molar refractivity (Wildman–Crippen MR) is 92.2 cm³/mol. The molecule has 0 saturated carbocycles. The molecule has 0 saturated heterocycles. The number of nitriles is 1. The van der Waals surface area contributed by atoms with Gasteiger partial charge >= 0.3 is 0 Å². The molecule has 0 aliphatic carbocycles. The van der Waals surface area contributed by atoms with Crippen LogP contribution in [0.3, 0.4) is 0 Å². The monoisotopic (exact) mass is 300 g/mol. The zero-order valence-electron chi connectivity index (χ0n) is 13.0. The Labute approximate surface area is 134 Å². The number of fused-ring (bicyclic) bond motifs is 4. The third-order valence-corrected chi connectivity index (χ3v) is 4.30. The van der Waals surface area contributed by atoms with E-state index in [4.69, 9.17) is 4.98 Å². The molecule has 0 atom stereocenters. The van der Waals surface area contributed by atoms with Gasteiger partial charge in [0.2, 0.25) is 0 Å². The highest BCUT2D eigenvalue weighted by Gasteiger charge is 2.14. The van der Waals surface area contributed by atoms with Crippen molar-refractivity contribution in [1.29, 1.82) is 5.26 Å². The number of benzene rings is 2. The Bertz CT molecular complexity index is 1070. The Morgan fingerprint density at radius 2 is 1.96 bits per heavy atom. The van der Waals surface area contributed by atoms with Crippen molar-refractivity contribution in [3.05, 3.63) is 48.2 Å². The second-order valence-electron chi connectivity index (χ2n) is 5.73. The Balaban J connectivity index is 2.11. The summed E-state index contributed by atoms with van der Waals surface area (Å²) in [4.78, 5) is 4.72. The Morgan fingerprint density at radius 1 is 1.09 bits per heavy atom.